The van der Waals surface area contributed by atoms with E-state index < -0.39 is 6.10 Å². The lowest BCUT2D eigenvalue weighted by Gasteiger charge is -2.24. The van der Waals surface area contributed by atoms with Crippen molar-refractivity contribution in [3.05, 3.63) is 54.5 Å². The highest BCUT2D eigenvalue weighted by molar-refractivity contribution is 5.84. The van der Waals surface area contributed by atoms with Crippen LogP contribution in [0, 0.1) is 0 Å². The van der Waals surface area contributed by atoms with Gasteiger partial charge in [0.05, 0.1) is 6.26 Å². The second-order valence-corrected chi connectivity index (χ2v) is 4.49. The lowest BCUT2D eigenvalue weighted by molar-refractivity contribution is -0.130. The average Bonchev–Trinajstić information content (AvgIpc) is 3.07. The Morgan fingerprint density at radius 3 is 2.91 bits per heavy atom. The first kappa shape index (κ1) is 13.9. The molecule has 0 unspecified atom stereocenters. The van der Waals surface area contributed by atoms with Gasteiger partial charge in [0.15, 0.2) is 11.5 Å². The minimum absolute atomic E-state index is 0.153. The van der Waals surface area contributed by atoms with Crippen molar-refractivity contribution in [1.82, 2.24) is 5.43 Å². The summed E-state index contributed by atoms with van der Waals surface area (Å²) in [5.74, 6) is 1.53. The summed E-state index contributed by atoms with van der Waals surface area (Å²) in [5.41, 5.74) is 2.41. The molecular weight excluding hydrogens is 284 g/mol. The van der Waals surface area contributed by atoms with E-state index in [1.54, 1.807) is 36.6 Å². The van der Waals surface area contributed by atoms with E-state index >= 15 is 0 Å². The van der Waals surface area contributed by atoms with Crippen LogP contribution in [0.15, 0.2) is 58.3 Å². The molecule has 2 aromatic rings. The Labute approximate surface area is 127 Å². The van der Waals surface area contributed by atoms with Gasteiger partial charge in [-0.15, -0.1) is 0 Å². The Morgan fingerprint density at radius 1 is 1.23 bits per heavy atom. The summed E-state index contributed by atoms with van der Waals surface area (Å²) in [6, 6.07) is 10.8. The van der Waals surface area contributed by atoms with Crippen molar-refractivity contribution in [3.63, 3.8) is 0 Å². The third-order valence-corrected chi connectivity index (χ3v) is 2.94. The number of hydrazone groups is 1. The minimum Gasteiger partial charge on any atom is -0.485 e. The molecule has 112 valence electrons. The monoisotopic (exact) mass is 298 g/mol. The van der Waals surface area contributed by atoms with Gasteiger partial charge >= 0.3 is 0 Å². The standard InChI is InChI=1S/C16H14N2O4/c19-16(18-17-9-3-5-12-6-4-10-20-12)15-11-21-13-7-1-2-8-14(13)22-15/h1-10,15H,11H2,(H,18,19)/b5-3+,17-9+/t15-/m1/s1. The number of hydrogen-bond donors (Lipinski definition) is 1. The van der Waals surface area contributed by atoms with Crippen LogP contribution in [-0.4, -0.2) is 24.8 Å². The Kier molecular flexibility index (Phi) is 4.20. The number of ether oxygens (including phenoxy) is 2. The van der Waals surface area contributed by atoms with Crippen LogP contribution in [0.2, 0.25) is 0 Å². The number of nitrogens with zero attached hydrogens (tertiary/aromatic N) is 1. The lowest BCUT2D eigenvalue weighted by Crippen LogP contribution is -2.42. The highest BCUT2D eigenvalue weighted by Crippen LogP contribution is 2.30. The number of nitrogens with one attached hydrogen (secondary N) is 1. The molecule has 0 bridgehead atoms. The average molecular weight is 298 g/mol. The number of carbonyl (C=O) groups is 1. The molecule has 1 aliphatic rings. The highest BCUT2D eigenvalue weighted by Gasteiger charge is 2.26. The molecule has 1 amide bonds. The summed E-state index contributed by atoms with van der Waals surface area (Å²) in [6.45, 7) is 0.153. The molecule has 1 aromatic heterocycles. The molecule has 22 heavy (non-hydrogen) atoms. The van der Waals surface area contributed by atoms with Crippen molar-refractivity contribution in [1.29, 1.82) is 0 Å². The summed E-state index contributed by atoms with van der Waals surface area (Å²) in [4.78, 5) is 11.9. The van der Waals surface area contributed by atoms with Gasteiger partial charge < -0.3 is 13.9 Å². The fourth-order valence-corrected chi connectivity index (χ4v) is 1.89. The number of carbonyl (C=O) groups excluding carboxylic acids is 1. The summed E-state index contributed by atoms with van der Waals surface area (Å²) in [6.07, 6.45) is 5.70. The zero-order valence-corrected chi connectivity index (χ0v) is 11.6. The number of rotatable bonds is 4. The SMILES string of the molecule is O=C(N/N=C/C=C/c1ccco1)[C@H]1COc2ccccc2O1. The predicted octanol–water partition coefficient (Wildman–Crippen LogP) is 2.23. The fraction of sp³-hybridized carbons (Fsp3) is 0.125. The first-order chi connectivity index (χ1) is 10.8. The van der Waals surface area contributed by atoms with Crippen molar-refractivity contribution >= 4 is 18.2 Å². The van der Waals surface area contributed by atoms with E-state index in [1.807, 2.05) is 18.2 Å². The highest BCUT2D eigenvalue weighted by atomic mass is 16.6. The normalized spacial score (nSPS) is 17.0. The van der Waals surface area contributed by atoms with Gasteiger partial charge in [0, 0.05) is 6.21 Å². The van der Waals surface area contributed by atoms with Crippen LogP contribution in [0.25, 0.3) is 6.08 Å². The van der Waals surface area contributed by atoms with Gasteiger partial charge in [-0.05, 0) is 36.4 Å². The van der Waals surface area contributed by atoms with Gasteiger partial charge in [0.25, 0.3) is 5.91 Å². The predicted molar refractivity (Wildman–Crippen MR) is 80.7 cm³/mol. The van der Waals surface area contributed by atoms with Crippen LogP contribution < -0.4 is 14.9 Å². The fourth-order valence-electron chi connectivity index (χ4n) is 1.89. The van der Waals surface area contributed by atoms with Crippen molar-refractivity contribution in [2.24, 2.45) is 5.10 Å². The summed E-state index contributed by atoms with van der Waals surface area (Å²) in [5, 5.41) is 3.81. The molecule has 1 aliphatic heterocycles. The van der Waals surface area contributed by atoms with Gasteiger partial charge in [-0.2, -0.15) is 5.10 Å². The van der Waals surface area contributed by atoms with E-state index in [2.05, 4.69) is 10.5 Å². The molecule has 0 aliphatic carbocycles. The molecule has 3 rings (SSSR count). The maximum atomic E-state index is 11.9. The second-order valence-electron chi connectivity index (χ2n) is 4.49. The second kappa shape index (κ2) is 6.62. The first-order valence-electron chi connectivity index (χ1n) is 6.74. The van der Waals surface area contributed by atoms with E-state index in [9.17, 15) is 4.79 Å². The van der Waals surface area contributed by atoms with Crippen molar-refractivity contribution in [2.75, 3.05) is 6.61 Å². The van der Waals surface area contributed by atoms with Crippen LogP contribution in [0.3, 0.4) is 0 Å². The minimum atomic E-state index is -0.721. The molecule has 0 fully saturated rings. The summed E-state index contributed by atoms with van der Waals surface area (Å²) >= 11 is 0. The van der Waals surface area contributed by atoms with Gasteiger partial charge in [-0.1, -0.05) is 12.1 Å². The number of benzene rings is 1. The van der Waals surface area contributed by atoms with E-state index in [0.717, 1.165) is 0 Å². The maximum Gasteiger partial charge on any atom is 0.284 e. The van der Waals surface area contributed by atoms with Gasteiger partial charge in [-0.3, -0.25) is 4.79 Å². The number of furan rings is 1. The van der Waals surface area contributed by atoms with E-state index in [1.165, 1.54) is 6.21 Å². The Morgan fingerprint density at radius 2 is 2.09 bits per heavy atom. The molecule has 1 aromatic carbocycles. The molecule has 0 saturated heterocycles. The van der Waals surface area contributed by atoms with Crippen molar-refractivity contribution in [3.8, 4) is 11.5 Å². The Hall–Kier alpha value is -3.02. The molecule has 0 spiro atoms. The number of allylic oxidation sites excluding steroid dienone is 1. The van der Waals surface area contributed by atoms with E-state index in [-0.39, 0.29) is 12.5 Å². The van der Waals surface area contributed by atoms with Crippen LogP contribution in [-0.2, 0) is 4.79 Å². The zero-order chi connectivity index (χ0) is 15.2. The van der Waals surface area contributed by atoms with Crippen LogP contribution in [0.1, 0.15) is 5.76 Å². The van der Waals surface area contributed by atoms with Gasteiger partial charge in [0.2, 0.25) is 6.10 Å². The first-order valence-corrected chi connectivity index (χ1v) is 6.74. The molecular formula is C16H14N2O4. The topological polar surface area (TPSA) is 73.1 Å². The van der Waals surface area contributed by atoms with Crippen LogP contribution in [0.5, 0.6) is 11.5 Å². The van der Waals surface area contributed by atoms with Gasteiger partial charge in [0.1, 0.15) is 12.4 Å². The number of hydrogen-bond acceptors (Lipinski definition) is 5. The molecule has 1 atom stereocenters. The number of amides is 1. The molecule has 0 radical (unpaired) electrons. The zero-order valence-electron chi connectivity index (χ0n) is 11.6. The molecule has 0 saturated carbocycles. The Balaban J connectivity index is 1.50. The molecule has 1 N–H and O–H groups in total. The third-order valence-electron chi connectivity index (χ3n) is 2.94. The Bertz CT molecular complexity index is 692. The maximum absolute atomic E-state index is 11.9. The third kappa shape index (κ3) is 3.35. The molecule has 2 heterocycles. The van der Waals surface area contributed by atoms with Crippen LogP contribution >= 0.6 is 0 Å². The smallest absolute Gasteiger partial charge is 0.284 e. The lowest BCUT2D eigenvalue weighted by atomic mass is 10.2. The number of fused-ring (bicyclic) bond motifs is 1. The van der Waals surface area contributed by atoms with Crippen molar-refractivity contribution in [2.45, 2.75) is 6.10 Å². The number of para-hydroxylation sites is 2. The summed E-state index contributed by atoms with van der Waals surface area (Å²) in [7, 11) is 0. The van der Waals surface area contributed by atoms with Crippen molar-refractivity contribution < 1.29 is 18.7 Å². The quantitative estimate of drug-likeness (QED) is 0.694. The molecule has 6 heteroatoms. The van der Waals surface area contributed by atoms with E-state index in [4.69, 9.17) is 13.9 Å². The summed E-state index contributed by atoms with van der Waals surface area (Å²) < 4.78 is 16.2. The van der Waals surface area contributed by atoms with Crippen LogP contribution in [0.4, 0.5) is 0 Å². The largest absolute Gasteiger partial charge is 0.485 e. The van der Waals surface area contributed by atoms with E-state index in [0.29, 0.717) is 17.3 Å². The molecule has 6 nitrogen and oxygen atoms in total. The van der Waals surface area contributed by atoms with Gasteiger partial charge in [-0.25, -0.2) is 5.43 Å².